The maximum Gasteiger partial charge on any atom is 0.431 e. The van der Waals surface area contributed by atoms with Gasteiger partial charge in [0.15, 0.2) is 0 Å². The van der Waals surface area contributed by atoms with E-state index in [-0.39, 0.29) is 27.1 Å². The number of carbonyl (C=O) groups excluding carboxylic acids is 2. The molecule has 1 unspecified atom stereocenters. The van der Waals surface area contributed by atoms with Crippen molar-refractivity contribution in [2.24, 2.45) is 12.8 Å². The number of halogens is 5. The maximum absolute atomic E-state index is 14.3. The molecule has 0 saturated heterocycles. The number of alkyl halides is 3. The van der Waals surface area contributed by atoms with Crippen molar-refractivity contribution in [3.05, 3.63) is 61.1 Å². The third kappa shape index (κ3) is 3.63. The van der Waals surface area contributed by atoms with Gasteiger partial charge >= 0.3 is 11.9 Å². The molecule has 1 amide bonds. The van der Waals surface area contributed by atoms with Crippen LogP contribution in [-0.2, 0) is 22.8 Å². The Kier molecular flexibility index (Phi) is 5.27. The molecule has 0 aliphatic heterocycles. The molecule has 2 N–H and O–H groups in total. The van der Waals surface area contributed by atoms with Gasteiger partial charge in [-0.15, -0.1) is 0 Å². The van der Waals surface area contributed by atoms with E-state index < -0.39 is 51.5 Å². The van der Waals surface area contributed by atoms with Crippen molar-refractivity contribution in [2.45, 2.75) is 12.1 Å². The van der Waals surface area contributed by atoms with E-state index >= 15 is 0 Å². The number of carbonyl (C=O) groups is 2. The van der Waals surface area contributed by atoms with E-state index in [9.17, 15) is 36.7 Å². The van der Waals surface area contributed by atoms with Gasteiger partial charge in [-0.1, -0.05) is 11.6 Å². The third-order valence-corrected chi connectivity index (χ3v) is 4.02. The van der Waals surface area contributed by atoms with Crippen LogP contribution in [0.15, 0.2) is 27.8 Å². The Morgan fingerprint density at radius 2 is 1.85 bits per heavy atom. The van der Waals surface area contributed by atoms with Crippen molar-refractivity contribution in [2.75, 3.05) is 0 Å². The van der Waals surface area contributed by atoms with Gasteiger partial charge < -0.3 is 10.5 Å². The van der Waals surface area contributed by atoms with Gasteiger partial charge in [-0.05, 0) is 17.7 Å². The number of hydrogen-bond donors (Lipinski definition) is 1. The average Bonchev–Trinajstić information content (AvgIpc) is 2.53. The van der Waals surface area contributed by atoms with Crippen LogP contribution in [0.25, 0.3) is 5.69 Å². The van der Waals surface area contributed by atoms with Crippen LogP contribution < -0.4 is 17.0 Å². The Labute approximate surface area is 152 Å². The second-order valence-electron chi connectivity index (χ2n) is 5.38. The van der Waals surface area contributed by atoms with Crippen LogP contribution >= 0.6 is 11.6 Å². The fourth-order valence-corrected chi connectivity index (χ4v) is 2.64. The summed E-state index contributed by atoms with van der Waals surface area (Å²) >= 11 is 5.78. The summed E-state index contributed by atoms with van der Waals surface area (Å²) in [5, 5.41) is -0.399. The molecular formula is C15H10ClF4N3O4. The molecule has 12 heteroatoms. The van der Waals surface area contributed by atoms with Gasteiger partial charge in [-0.2, -0.15) is 13.2 Å². The van der Waals surface area contributed by atoms with Gasteiger partial charge in [-0.3, -0.25) is 14.2 Å². The zero-order valence-electron chi connectivity index (χ0n) is 13.4. The summed E-state index contributed by atoms with van der Waals surface area (Å²) in [6, 6.07) is 1.45. The highest BCUT2D eigenvalue weighted by Gasteiger charge is 2.35. The number of primary amides is 1. The molecule has 0 radical (unpaired) electrons. The van der Waals surface area contributed by atoms with E-state index in [1.165, 1.54) is 0 Å². The van der Waals surface area contributed by atoms with Crippen LogP contribution in [0.5, 0.6) is 0 Å². The number of rotatable bonds is 4. The second kappa shape index (κ2) is 6.99. The molecule has 1 aromatic carbocycles. The SMILES string of the molecule is Cn1c(C(F)(F)F)cc(=O)n(-c2cc(C(C=O)C(N)=O)c(Cl)cc2F)c1=O. The van der Waals surface area contributed by atoms with Gasteiger partial charge in [0, 0.05) is 18.1 Å². The first kappa shape index (κ1) is 20.4. The number of nitrogens with zero attached hydrogens (tertiary/aromatic N) is 2. The largest absolute Gasteiger partial charge is 0.431 e. The highest BCUT2D eigenvalue weighted by Crippen LogP contribution is 2.29. The lowest BCUT2D eigenvalue weighted by atomic mass is 9.99. The number of hydrogen-bond acceptors (Lipinski definition) is 4. The zero-order chi connectivity index (χ0) is 20.7. The highest BCUT2D eigenvalue weighted by atomic mass is 35.5. The van der Waals surface area contributed by atoms with Crippen LogP contribution in [0.1, 0.15) is 17.2 Å². The molecule has 1 atom stereocenters. The van der Waals surface area contributed by atoms with Crippen molar-refractivity contribution >= 4 is 23.8 Å². The van der Waals surface area contributed by atoms with Gasteiger partial charge in [0.25, 0.3) is 5.56 Å². The number of amides is 1. The summed E-state index contributed by atoms with van der Waals surface area (Å²) in [4.78, 5) is 46.7. The monoisotopic (exact) mass is 407 g/mol. The number of aromatic nitrogens is 2. The summed E-state index contributed by atoms with van der Waals surface area (Å²) in [5.41, 5.74) is -0.566. The maximum atomic E-state index is 14.3. The molecule has 1 aromatic heterocycles. The number of aldehydes is 1. The molecule has 0 saturated carbocycles. The standard InChI is InChI=1S/C15H10ClF4N3O4/c1-22-11(15(18,19)20)4-12(25)23(14(22)27)10-2-6(7(5-24)13(21)26)8(16)3-9(10)17/h2-5,7H,1H3,(H2,21,26). The van der Waals surface area contributed by atoms with Crippen molar-refractivity contribution in [1.29, 1.82) is 0 Å². The molecular weight excluding hydrogens is 398 g/mol. The van der Waals surface area contributed by atoms with Crippen molar-refractivity contribution in [3.63, 3.8) is 0 Å². The lowest BCUT2D eigenvalue weighted by molar-refractivity contribution is -0.144. The zero-order valence-corrected chi connectivity index (χ0v) is 14.1. The minimum Gasteiger partial charge on any atom is -0.369 e. The fourth-order valence-electron chi connectivity index (χ4n) is 2.38. The molecule has 7 nitrogen and oxygen atoms in total. The first-order valence-corrected chi connectivity index (χ1v) is 7.42. The van der Waals surface area contributed by atoms with Crippen molar-refractivity contribution in [3.8, 4) is 5.69 Å². The Bertz CT molecular complexity index is 1060. The number of nitrogens with two attached hydrogens (primary N) is 1. The van der Waals surface area contributed by atoms with Crippen LogP contribution in [0.4, 0.5) is 17.6 Å². The van der Waals surface area contributed by atoms with Gasteiger partial charge in [0.2, 0.25) is 5.91 Å². The molecule has 0 fully saturated rings. The number of benzene rings is 1. The van der Waals surface area contributed by atoms with E-state index in [4.69, 9.17) is 17.3 Å². The van der Waals surface area contributed by atoms with Gasteiger partial charge in [0.05, 0.1) is 5.69 Å². The van der Waals surface area contributed by atoms with Crippen molar-refractivity contribution in [1.82, 2.24) is 9.13 Å². The molecule has 27 heavy (non-hydrogen) atoms. The van der Waals surface area contributed by atoms with E-state index in [1.807, 2.05) is 0 Å². The summed E-state index contributed by atoms with van der Waals surface area (Å²) < 4.78 is 53.2. The molecule has 0 aliphatic rings. The van der Waals surface area contributed by atoms with Crippen LogP contribution in [0.2, 0.25) is 5.02 Å². The Hall–Kier alpha value is -2.95. The van der Waals surface area contributed by atoms with Crippen LogP contribution in [0, 0.1) is 5.82 Å². The van der Waals surface area contributed by atoms with E-state index in [1.54, 1.807) is 0 Å². The first-order chi connectivity index (χ1) is 12.4. The molecule has 2 aromatic rings. The predicted molar refractivity (Wildman–Crippen MR) is 85.2 cm³/mol. The molecule has 144 valence electrons. The normalized spacial score (nSPS) is 12.7. The topological polar surface area (TPSA) is 104 Å². The van der Waals surface area contributed by atoms with Crippen LogP contribution in [0.3, 0.4) is 0 Å². The fraction of sp³-hybridized carbons (Fsp3) is 0.200. The lowest BCUT2D eigenvalue weighted by Gasteiger charge is -2.16. The van der Waals surface area contributed by atoms with Gasteiger partial charge in [0.1, 0.15) is 23.7 Å². The summed E-state index contributed by atoms with van der Waals surface area (Å²) in [6.07, 6.45) is -4.89. The van der Waals surface area contributed by atoms with E-state index in [0.717, 1.165) is 13.1 Å². The summed E-state index contributed by atoms with van der Waals surface area (Å²) in [6.45, 7) is 0. The molecule has 2 rings (SSSR count). The third-order valence-electron chi connectivity index (χ3n) is 3.70. The molecule has 0 aliphatic carbocycles. The Balaban J connectivity index is 2.86. The Morgan fingerprint density at radius 1 is 1.26 bits per heavy atom. The second-order valence-corrected chi connectivity index (χ2v) is 5.79. The first-order valence-electron chi connectivity index (χ1n) is 7.04. The predicted octanol–water partition coefficient (Wildman–Crippen LogP) is 1.12. The minimum atomic E-state index is -5.00. The summed E-state index contributed by atoms with van der Waals surface area (Å²) in [7, 11) is 0.744. The summed E-state index contributed by atoms with van der Waals surface area (Å²) in [5.74, 6) is -4.00. The molecule has 0 bridgehead atoms. The smallest absolute Gasteiger partial charge is 0.369 e. The molecule has 0 spiro atoms. The van der Waals surface area contributed by atoms with E-state index in [0.29, 0.717) is 6.07 Å². The highest BCUT2D eigenvalue weighted by molar-refractivity contribution is 6.32. The van der Waals surface area contributed by atoms with Crippen LogP contribution in [-0.4, -0.2) is 21.3 Å². The van der Waals surface area contributed by atoms with E-state index in [2.05, 4.69) is 0 Å². The van der Waals surface area contributed by atoms with Crippen molar-refractivity contribution < 1.29 is 27.2 Å². The minimum absolute atomic E-state index is 0.110. The quantitative estimate of drug-likeness (QED) is 0.466. The molecule has 1 heterocycles. The van der Waals surface area contributed by atoms with Gasteiger partial charge in [-0.25, -0.2) is 13.8 Å². The average molecular weight is 408 g/mol. The Morgan fingerprint density at radius 3 is 2.33 bits per heavy atom. The lowest BCUT2D eigenvalue weighted by Crippen LogP contribution is -2.41.